The number of rotatable bonds is 3. The smallest absolute Gasteiger partial charge is 0.335 e. The molecular formula is C18H13FN2O3S. The van der Waals surface area contributed by atoms with Crippen LogP contribution >= 0.6 is 11.8 Å². The number of nitrogens with zero attached hydrogens (tertiary/aromatic N) is 2. The van der Waals surface area contributed by atoms with E-state index in [1.54, 1.807) is 37.4 Å². The number of thioether (sulfide) groups is 1. The van der Waals surface area contributed by atoms with Crippen LogP contribution in [0.3, 0.4) is 0 Å². The summed E-state index contributed by atoms with van der Waals surface area (Å²) < 4.78 is 13.0. The Morgan fingerprint density at radius 1 is 1.24 bits per heavy atom. The number of carbonyl (C=O) groups excluding carboxylic acids is 1. The molecule has 0 aromatic heterocycles. The Kier molecular flexibility index (Phi) is 4.67. The fourth-order valence-electron chi connectivity index (χ4n) is 2.18. The zero-order chi connectivity index (χ0) is 18.0. The Morgan fingerprint density at radius 3 is 2.64 bits per heavy atom. The van der Waals surface area contributed by atoms with E-state index >= 15 is 0 Å². The van der Waals surface area contributed by atoms with Gasteiger partial charge in [-0.25, -0.2) is 14.2 Å². The number of benzene rings is 2. The van der Waals surface area contributed by atoms with Crippen LogP contribution in [-0.4, -0.2) is 34.1 Å². The average molecular weight is 356 g/mol. The van der Waals surface area contributed by atoms with Gasteiger partial charge in [0.05, 0.1) is 16.2 Å². The SMILES string of the molecule is CN1C(=O)/C(=C/c2ccc(F)cc2)SC1=Nc1cccc(C(=O)O)c1. The molecule has 0 unspecified atom stereocenters. The summed E-state index contributed by atoms with van der Waals surface area (Å²) in [5.41, 5.74) is 1.28. The van der Waals surface area contributed by atoms with Crippen molar-refractivity contribution in [3.8, 4) is 0 Å². The Labute approximate surface area is 147 Å². The molecule has 0 spiro atoms. The Hall–Kier alpha value is -2.93. The zero-order valence-electron chi connectivity index (χ0n) is 13.1. The Bertz CT molecular complexity index is 907. The van der Waals surface area contributed by atoms with Crippen LogP contribution in [0.2, 0.25) is 0 Å². The quantitative estimate of drug-likeness (QED) is 0.850. The number of aliphatic imine (C=N–C) groups is 1. The third-order valence-corrected chi connectivity index (χ3v) is 4.55. The van der Waals surface area contributed by atoms with Crippen molar-refractivity contribution >= 4 is 40.6 Å². The van der Waals surface area contributed by atoms with Crippen LogP contribution in [-0.2, 0) is 4.79 Å². The van der Waals surface area contributed by atoms with Gasteiger partial charge in [-0.05, 0) is 53.7 Å². The van der Waals surface area contributed by atoms with E-state index in [4.69, 9.17) is 5.11 Å². The van der Waals surface area contributed by atoms with Crippen LogP contribution in [0.25, 0.3) is 6.08 Å². The minimum atomic E-state index is -1.04. The standard InChI is InChI=1S/C18H13FN2O3S/c1-21-16(22)15(9-11-5-7-13(19)8-6-11)25-18(21)20-14-4-2-3-12(10-14)17(23)24/h2-10H,1H3,(H,23,24)/b15-9-,20-18?. The van der Waals surface area contributed by atoms with Gasteiger partial charge in [0.15, 0.2) is 5.17 Å². The van der Waals surface area contributed by atoms with E-state index in [0.29, 0.717) is 21.3 Å². The van der Waals surface area contributed by atoms with Crippen LogP contribution in [0, 0.1) is 5.82 Å². The number of carbonyl (C=O) groups is 2. The van der Waals surface area contributed by atoms with Gasteiger partial charge in [-0.15, -0.1) is 0 Å². The van der Waals surface area contributed by atoms with Gasteiger partial charge in [0.1, 0.15) is 5.82 Å². The van der Waals surface area contributed by atoms with Crippen molar-refractivity contribution in [1.29, 1.82) is 0 Å². The molecule has 1 heterocycles. The summed E-state index contributed by atoms with van der Waals surface area (Å²) in [6.45, 7) is 0. The van der Waals surface area contributed by atoms with E-state index in [1.807, 2.05) is 0 Å². The lowest BCUT2D eigenvalue weighted by molar-refractivity contribution is -0.121. The van der Waals surface area contributed by atoms with Crippen molar-refractivity contribution in [3.05, 3.63) is 70.4 Å². The lowest BCUT2D eigenvalue weighted by Crippen LogP contribution is -2.23. The van der Waals surface area contributed by atoms with Gasteiger partial charge < -0.3 is 5.11 Å². The molecule has 25 heavy (non-hydrogen) atoms. The highest BCUT2D eigenvalue weighted by Crippen LogP contribution is 2.33. The van der Waals surface area contributed by atoms with Crippen LogP contribution in [0.15, 0.2) is 58.4 Å². The largest absolute Gasteiger partial charge is 0.478 e. The molecule has 1 aliphatic rings. The van der Waals surface area contributed by atoms with Crippen LogP contribution in [0.4, 0.5) is 10.1 Å². The number of hydrogen-bond acceptors (Lipinski definition) is 4. The molecule has 1 N–H and O–H groups in total. The van der Waals surface area contributed by atoms with Crippen LogP contribution in [0.5, 0.6) is 0 Å². The Balaban J connectivity index is 1.89. The highest BCUT2D eigenvalue weighted by atomic mass is 32.2. The maximum absolute atomic E-state index is 13.0. The maximum atomic E-state index is 13.0. The lowest BCUT2D eigenvalue weighted by atomic mass is 10.2. The van der Waals surface area contributed by atoms with E-state index in [0.717, 1.165) is 0 Å². The second kappa shape index (κ2) is 6.90. The molecule has 126 valence electrons. The molecule has 1 saturated heterocycles. The van der Waals surface area contributed by atoms with E-state index in [2.05, 4.69) is 4.99 Å². The second-order valence-electron chi connectivity index (χ2n) is 5.28. The normalized spacial score (nSPS) is 17.5. The van der Waals surface area contributed by atoms with Crippen molar-refractivity contribution in [1.82, 2.24) is 4.90 Å². The lowest BCUT2D eigenvalue weighted by Gasteiger charge is -2.07. The molecule has 1 amide bonds. The first kappa shape index (κ1) is 16.9. The average Bonchev–Trinajstić information content (AvgIpc) is 2.85. The summed E-state index contributed by atoms with van der Waals surface area (Å²) in [5, 5.41) is 9.48. The number of hydrogen-bond donors (Lipinski definition) is 1. The van der Waals surface area contributed by atoms with Crippen molar-refractivity contribution in [2.24, 2.45) is 4.99 Å². The molecule has 0 radical (unpaired) electrons. The predicted molar refractivity (Wildman–Crippen MR) is 95.2 cm³/mol. The predicted octanol–water partition coefficient (Wildman–Crippen LogP) is 3.76. The molecule has 3 rings (SSSR count). The topological polar surface area (TPSA) is 70.0 Å². The summed E-state index contributed by atoms with van der Waals surface area (Å²) in [7, 11) is 1.60. The summed E-state index contributed by atoms with van der Waals surface area (Å²) >= 11 is 1.18. The number of aromatic carboxylic acids is 1. The number of carboxylic acid groups (broad SMARTS) is 1. The van der Waals surface area contributed by atoms with E-state index in [9.17, 15) is 14.0 Å². The molecule has 0 aliphatic carbocycles. The van der Waals surface area contributed by atoms with E-state index in [-0.39, 0.29) is 17.3 Å². The highest BCUT2D eigenvalue weighted by Gasteiger charge is 2.30. The van der Waals surface area contributed by atoms with Crippen molar-refractivity contribution in [2.75, 3.05) is 7.05 Å². The molecule has 0 saturated carbocycles. The first-order valence-electron chi connectivity index (χ1n) is 7.29. The number of carboxylic acids is 1. The Morgan fingerprint density at radius 2 is 1.96 bits per heavy atom. The van der Waals surface area contributed by atoms with Gasteiger partial charge >= 0.3 is 5.97 Å². The third-order valence-electron chi connectivity index (χ3n) is 3.49. The van der Waals surface area contributed by atoms with E-state index in [1.165, 1.54) is 40.9 Å². The monoisotopic (exact) mass is 356 g/mol. The minimum absolute atomic E-state index is 0.126. The molecule has 0 atom stereocenters. The van der Waals surface area contributed by atoms with Crippen LogP contribution < -0.4 is 0 Å². The first-order valence-corrected chi connectivity index (χ1v) is 8.11. The minimum Gasteiger partial charge on any atom is -0.478 e. The summed E-state index contributed by atoms with van der Waals surface area (Å²) in [5.74, 6) is -1.60. The third kappa shape index (κ3) is 3.77. The number of amidine groups is 1. The molecular weight excluding hydrogens is 343 g/mol. The summed E-state index contributed by atoms with van der Waals surface area (Å²) in [6, 6.07) is 12.0. The molecule has 2 aromatic rings. The molecule has 7 heteroatoms. The van der Waals surface area contributed by atoms with Gasteiger partial charge in [-0.3, -0.25) is 9.69 Å². The molecule has 1 fully saturated rings. The molecule has 2 aromatic carbocycles. The fourth-order valence-corrected chi connectivity index (χ4v) is 3.17. The first-order chi connectivity index (χ1) is 11.9. The van der Waals surface area contributed by atoms with Crippen molar-refractivity contribution < 1.29 is 19.1 Å². The summed E-state index contributed by atoms with van der Waals surface area (Å²) in [4.78, 5) is 29.6. The van der Waals surface area contributed by atoms with Crippen molar-refractivity contribution in [3.63, 3.8) is 0 Å². The van der Waals surface area contributed by atoms with Crippen LogP contribution in [0.1, 0.15) is 15.9 Å². The van der Waals surface area contributed by atoms with Gasteiger partial charge in [0.25, 0.3) is 5.91 Å². The molecule has 5 nitrogen and oxygen atoms in total. The van der Waals surface area contributed by atoms with Gasteiger partial charge in [-0.1, -0.05) is 18.2 Å². The number of likely N-dealkylation sites (N-methyl/N-ethyl adjacent to an activating group) is 1. The highest BCUT2D eigenvalue weighted by molar-refractivity contribution is 8.18. The van der Waals surface area contributed by atoms with Crippen molar-refractivity contribution in [2.45, 2.75) is 0 Å². The summed E-state index contributed by atoms with van der Waals surface area (Å²) in [6.07, 6.45) is 1.67. The fraction of sp³-hybridized carbons (Fsp3) is 0.0556. The van der Waals surface area contributed by atoms with Gasteiger partial charge in [0.2, 0.25) is 0 Å². The van der Waals surface area contributed by atoms with E-state index < -0.39 is 5.97 Å². The van der Waals surface area contributed by atoms with Gasteiger partial charge in [0, 0.05) is 7.05 Å². The maximum Gasteiger partial charge on any atom is 0.335 e. The number of amides is 1. The molecule has 1 aliphatic heterocycles. The zero-order valence-corrected chi connectivity index (χ0v) is 14.0. The number of halogens is 1. The second-order valence-corrected chi connectivity index (χ2v) is 6.29. The van der Waals surface area contributed by atoms with Gasteiger partial charge in [-0.2, -0.15) is 0 Å². The molecule has 0 bridgehead atoms.